The summed E-state index contributed by atoms with van der Waals surface area (Å²) >= 11 is 7.06. The molecule has 4 rings (SSSR count). The summed E-state index contributed by atoms with van der Waals surface area (Å²) in [5, 5.41) is 11.1. The fourth-order valence-corrected chi connectivity index (χ4v) is 4.02. The fourth-order valence-electron chi connectivity index (χ4n) is 3.00. The van der Waals surface area contributed by atoms with Crippen LogP contribution in [-0.4, -0.2) is 15.5 Å². The van der Waals surface area contributed by atoms with Crippen molar-refractivity contribution in [2.45, 2.75) is 6.54 Å². The highest BCUT2D eigenvalue weighted by Crippen LogP contribution is 2.32. The van der Waals surface area contributed by atoms with Crippen molar-refractivity contribution in [3.05, 3.63) is 90.9 Å². The van der Waals surface area contributed by atoms with Crippen LogP contribution in [0.4, 0.5) is 0 Å². The number of aromatic nitrogens is 1. The van der Waals surface area contributed by atoms with Gasteiger partial charge in [0, 0.05) is 10.6 Å². The third-order valence-electron chi connectivity index (χ3n) is 4.39. The lowest BCUT2D eigenvalue weighted by atomic mass is 9.91. The van der Waals surface area contributed by atoms with Crippen molar-refractivity contribution in [2.24, 2.45) is 0 Å². The zero-order valence-corrected chi connectivity index (χ0v) is 15.6. The standard InChI is InChI=1S/C21H14ClNO3S/c22-17-8-4-2-6-14(17)12-23-20(25)19(27-21(23)26)11-16-15-7-3-1-5-13(15)9-10-18(16)24/h1-11,25H,12H2/b16-11-. The van der Waals surface area contributed by atoms with E-state index in [0.717, 1.165) is 28.0 Å². The first-order valence-electron chi connectivity index (χ1n) is 8.24. The van der Waals surface area contributed by atoms with Crippen LogP contribution in [0.3, 0.4) is 0 Å². The van der Waals surface area contributed by atoms with E-state index in [1.807, 2.05) is 30.3 Å². The highest BCUT2D eigenvalue weighted by Gasteiger charge is 2.20. The molecular weight excluding hydrogens is 382 g/mol. The second-order valence-corrected chi connectivity index (χ2v) is 7.48. The van der Waals surface area contributed by atoms with Crippen molar-refractivity contribution in [3.8, 4) is 5.88 Å². The van der Waals surface area contributed by atoms with E-state index in [1.54, 1.807) is 30.4 Å². The van der Waals surface area contributed by atoms with Crippen molar-refractivity contribution >= 4 is 46.4 Å². The Bertz CT molecular complexity index is 1170. The molecule has 1 N–H and O–H groups in total. The first-order valence-corrected chi connectivity index (χ1v) is 9.43. The molecule has 0 radical (unpaired) electrons. The van der Waals surface area contributed by atoms with Gasteiger partial charge in [0.15, 0.2) is 5.78 Å². The minimum atomic E-state index is -0.314. The molecule has 134 valence electrons. The molecule has 1 aromatic heterocycles. The van der Waals surface area contributed by atoms with E-state index >= 15 is 0 Å². The van der Waals surface area contributed by atoms with Gasteiger partial charge in [0.25, 0.3) is 0 Å². The van der Waals surface area contributed by atoms with Gasteiger partial charge in [0.1, 0.15) is 0 Å². The average molecular weight is 396 g/mol. The Labute approximate surface area is 164 Å². The average Bonchev–Trinajstić information content (AvgIpc) is 2.93. The lowest BCUT2D eigenvalue weighted by Gasteiger charge is -2.12. The molecule has 6 heteroatoms. The van der Waals surface area contributed by atoms with Gasteiger partial charge in [0.05, 0.1) is 11.4 Å². The lowest BCUT2D eigenvalue weighted by molar-refractivity contribution is -0.109. The van der Waals surface area contributed by atoms with Gasteiger partial charge in [-0.25, -0.2) is 0 Å². The molecule has 0 bridgehead atoms. The van der Waals surface area contributed by atoms with Gasteiger partial charge in [-0.3, -0.25) is 14.2 Å². The van der Waals surface area contributed by atoms with Crippen molar-refractivity contribution in [3.63, 3.8) is 0 Å². The van der Waals surface area contributed by atoms with Gasteiger partial charge >= 0.3 is 4.87 Å². The van der Waals surface area contributed by atoms with E-state index in [0.29, 0.717) is 15.5 Å². The minimum absolute atomic E-state index is 0.161. The Hall–Kier alpha value is -2.89. The molecule has 1 heterocycles. The second kappa shape index (κ2) is 7.02. The highest BCUT2D eigenvalue weighted by atomic mass is 35.5. The first-order chi connectivity index (χ1) is 13.0. The molecule has 2 aromatic carbocycles. The molecule has 1 aliphatic carbocycles. The molecule has 0 spiro atoms. The number of rotatable bonds is 3. The number of hydrogen-bond donors (Lipinski definition) is 1. The number of carbonyl (C=O) groups is 1. The van der Waals surface area contributed by atoms with Crippen LogP contribution in [0, 0.1) is 0 Å². The minimum Gasteiger partial charge on any atom is -0.493 e. The number of hydrogen-bond acceptors (Lipinski definition) is 4. The molecule has 27 heavy (non-hydrogen) atoms. The molecule has 0 aliphatic heterocycles. The summed E-state index contributed by atoms with van der Waals surface area (Å²) in [5.74, 6) is -0.330. The summed E-state index contributed by atoms with van der Waals surface area (Å²) in [6.45, 7) is 0.161. The predicted octanol–water partition coefficient (Wildman–Crippen LogP) is 4.45. The van der Waals surface area contributed by atoms with E-state index in [4.69, 9.17) is 11.6 Å². The first kappa shape index (κ1) is 17.5. The van der Waals surface area contributed by atoms with Crippen LogP contribution >= 0.6 is 22.9 Å². The van der Waals surface area contributed by atoms with Crippen LogP contribution in [-0.2, 0) is 11.3 Å². The predicted molar refractivity (Wildman–Crippen MR) is 109 cm³/mol. The highest BCUT2D eigenvalue weighted by molar-refractivity contribution is 7.10. The number of fused-ring (bicyclic) bond motifs is 1. The lowest BCUT2D eigenvalue weighted by Crippen LogP contribution is -2.13. The summed E-state index contributed by atoms with van der Waals surface area (Å²) < 4.78 is 1.26. The normalized spacial score (nSPS) is 14.6. The molecule has 0 saturated carbocycles. The number of halogens is 1. The topological polar surface area (TPSA) is 59.3 Å². The Morgan fingerprint density at radius 3 is 2.59 bits per heavy atom. The molecule has 4 nitrogen and oxygen atoms in total. The van der Waals surface area contributed by atoms with Crippen molar-refractivity contribution in [1.29, 1.82) is 0 Å². The van der Waals surface area contributed by atoms with E-state index < -0.39 is 0 Å². The maximum absolute atomic E-state index is 12.4. The number of carbonyl (C=O) groups excluding carboxylic acids is 1. The van der Waals surface area contributed by atoms with Gasteiger partial charge in [-0.15, -0.1) is 0 Å². The largest absolute Gasteiger partial charge is 0.493 e. The van der Waals surface area contributed by atoms with E-state index in [2.05, 4.69) is 0 Å². The zero-order valence-electron chi connectivity index (χ0n) is 14.1. The van der Waals surface area contributed by atoms with Gasteiger partial charge in [-0.1, -0.05) is 71.5 Å². The number of benzene rings is 2. The number of aromatic hydroxyl groups is 1. The van der Waals surface area contributed by atoms with Crippen LogP contribution in [0.25, 0.3) is 17.7 Å². The summed E-state index contributed by atoms with van der Waals surface area (Å²) in [7, 11) is 0. The Balaban J connectivity index is 1.77. The number of nitrogens with zero attached hydrogens (tertiary/aromatic N) is 1. The summed E-state index contributed by atoms with van der Waals surface area (Å²) in [5.41, 5.74) is 2.89. The number of thiazole rings is 1. The fraction of sp³-hybridized carbons (Fsp3) is 0.0476. The SMILES string of the molecule is O=C1C=Cc2ccccc2/C1=C/c1sc(=O)n(Cc2ccccc2Cl)c1O. The van der Waals surface area contributed by atoms with Crippen molar-refractivity contribution < 1.29 is 9.90 Å². The summed E-state index contributed by atoms with van der Waals surface area (Å²) in [6.07, 6.45) is 4.84. The molecule has 0 atom stereocenters. The zero-order chi connectivity index (χ0) is 19.0. The summed E-state index contributed by atoms with van der Waals surface area (Å²) in [6, 6.07) is 14.7. The van der Waals surface area contributed by atoms with Gasteiger partial charge < -0.3 is 5.11 Å². The molecular formula is C21H14ClNO3S. The maximum atomic E-state index is 12.4. The molecule has 3 aromatic rings. The van der Waals surface area contributed by atoms with Crippen LogP contribution in [0.15, 0.2) is 59.4 Å². The van der Waals surface area contributed by atoms with E-state index in [1.165, 1.54) is 10.6 Å². The van der Waals surface area contributed by atoms with Crippen LogP contribution in [0.5, 0.6) is 5.88 Å². The molecule has 1 aliphatic rings. The van der Waals surface area contributed by atoms with Gasteiger partial charge in [0.2, 0.25) is 5.88 Å². The Morgan fingerprint density at radius 1 is 1.04 bits per heavy atom. The van der Waals surface area contributed by atoms with E-state index in [-0.39, 0.29) is 23.1 Å². The van der Waals surface area contributed by atoms with E-state index in [9.17, 15) is 14.7 Å². The third kappa shape index (κ3) is 3.27. The van der Waals surface area contributed by atoms with Crippen LogP contribution < -0.4 is 4.87 Å². The molecule has 0 saturated heterocycles. The van der Waals surface area contributed by atoms with Crippen molar-refractivity contribution in [1.82, 2.24) is 4.57 Å². The monoisotopic (exact) mass is 395 g/mol. The summed E-state index contributed by atoms with van der Waals surface area (Å²) in [4.78, 5) is 24.8. The molecule has 0 unspecified atom stereocenters. The number of allylic oxidation sites excluding steroid dienone is 2. The Morgan fingerprint density at radius 2 is 1.78 bits per heavy atom. The van der Waals surface area contributed by atoms with Gasteiger partial charge in [-0.2, -0.15) is 0 Å². The second-order valence-electron chi connectivity index (χ2n) is 6.08. The third-order valence-corrected chi connectivity index (χ3v) is 5.67. The van der Waals surface area contributed by atoms with Crippen LogP contribution in [0.2, 0.25) is 5.02 Å². The van der Waals surface area contributed by atoms with Gasteiger partial charge in [-0.05, 0) is 34.9 Å². The maximum Gasteiger partial charge on any atom is 0.310 e. The molecule has 0 amide bonds. The molecule has 0 fully saturated rings. The smallest absolute Gasteiger partial charge is 0.310 e. The quantitative estimate of drug-likeness (QED) is 0.666. The van der Waals surface area contributed by atoms with Crippen LogP contribution in [0.1, 0.15) is 21.6 Å². The Kier molecular flexibility index (Phi) is 4.56. The number of ketones is 1. The van der Waals surface area contributed by atoms with Crippen molar-refractivity contribution in [2.75, 3.05) is 0 Å².